The predicted octanol–water partition coefficient (Wildman–Crippen LogP) is 3.30. The quantitative estimate of drug-likeness (QED) is 0.533. The zero-order valence-electron chi connectivity index (χ0n) is 17.4. The molecule has 6 heterocycles. The van der Waals surface area contributed by atoms with E-state index >= 15 is 0 Å². The summed E-state index contributed by atoms with van der Waals surface area (Å²) < 4.78 is 1.87. The molecule has 9 heteroatoms. The SMILES string of the molecule is Cc1cn2cc(-c3ncc4nc(N(C)C5C[C@H]6CC[C@@H](C5)N6)sc4n3)cc(C#N)c2n1. The van der Waals surface area contributed by atoms with Crippen LogP contribution in [0, 0.1) is 18.3 Å². The van der Waals surface area contributed by atoms with Gasteiger partial charge in [0.25, 0.3) is 0 Å². The van der Waals surface area contributed by atoms with Gasteiger partial charge < -0.3 is 14.6 Å². The van der Waals surface area contributed by atoms with Crippen molar-refractivity contribution in [2.24, 2.45) is 0 Å². The lowest BCUT2D eigenvalue weighted by Gasteiger charge is -2.35. The number of aryl methyl sites for hydroxylation is 1. The van der Waals surface area contributed by atoms with Crippen LogP contribution in [0.2, 0.25) is 0 Å². The fourth-order valence-electron chi connectivity index (χ4n) is 4.94. The van der Waals surface area contributed by atoms with Crippen LogP contribution in [-0.4, -0.2) is 49.5 Å². The van der Waals surface area contributed by atoms with Crippen molar-refractivity contribution in [3.05, 3.63) is 35.9 Å². The van der Waals surface area contributed by atoms with E-state index in [2.05, 4.69) is 33.3 Å². The number of piperidine rings is 1. The van der Waals surface area contributed by atoms with Crippen LogP contribution in [0.3, 0.4) is 0 Å². The number of nitriles is 1. The maximum absolute atomic E-state index is 9.56. The fraction of sp³-hybridized carbons (Fsp3) is 0.409. The first-order valence-electron chi connectivity index (χ1n) is 10.6. The molecular weight excluding hydrogens is 408 g/mol. The van der Waals surface area contributed by atoms with Crippen molar-refractivity contribution in [3.8, 4) is 17.5 Å². The summed E-state index contributed by atoms with van der Waals surface area (Å²) in [4.78, 5) is 21.8. The van der Waals surface area contributed by atoms with Crippen molar-refractivity contribution >= 4 is 32.5 Å². The van der Waals surface area contributed by atoms with E-state index in [0.29, 0.717) is 35.2 Å². The number of pyridine rings is 1. The fourth-order valence-corrected chi connectivity index (χ4v) is 5.88. The molecule has 4 aromatic heterocycles. The highest BCUT2D eigenvalue weighted by Crippen LogP contribution is 2.35. The van der Waals surface area contributed by atoms with E-state index in [0.717, 1.165) is 26.7 Å². The second kappa shape index (κ2) is 6.97. The van der Waals surface area contributed by atoms with E-state index in [-0.39, 0.29) is 0 Å². The summed E-state index contributed by atoms with van der Waals surface area (Å²) in [7, 11) is 2.15. The third kappa shape index (κ3) is 3.14. The molecule has 31 heavy (non-hydrogen) atoms. The Morgan fingerprint density at radius 3 is 2.77 bits per heavy atom. The summed E-state index contributed by atoms with van der Waals surface area (Å²) in [5.74, 6) is 0.593. The molecule has 6 rings (SSSR count). The van der Waals surface area contributed by atoms with Gasteiger partial charge in [0.05, 0.1) is 17.5 Å². The Labute approximate surface area is 183 Å². The van der Waals surface area contributed by atoms with Gasteiger partial charge in [-0.2, -0.15) is 5.26 Å². The number of aromatic nitrogens is 5. The van der Waals surface area contributed by atoms with Crippen LogP contribution in [0.1, 0.15) is 36.9 Å². The summed E-state index contributed by atoms with van der Waals surface area (Å²) >= 11 is 1.61. The van der Waals surface area contributed by atoms with Gasteiger partial charge in [-0.05, 0) is 38.7 Å². The Balaban J connectivity index is 1.35. The number of fused-ring (bicyclic) bond motifs is 4. The number of hydrogen-bond donors (Lipinski definition) is 1. The number of thiazole rings is 1. The molecule has 2 aliphatic rings. The Kier molecular flexibility index (Phi) is 4.20. The number of nitrogens with one attached hydrogen (secondary N) is 1. The van der Waals surface area contributed by atoms with Gasteiger partial charge in [-0.15, -0.1) is 0 Å². The number of anilines is 1. The lowest BCUT2D eigenvalue weighted by atomic mass is 9.99. The summed E-state index contributed by atoms with van der Waals surface area (Å²) in [5.41, 5.74) is 3.64. The van der Waals surface area contributed by atoms with Gasteiger partial charge in [0.2, 0.25) is 0 Å². The minimum absolute atomic E-state index is 0.511. The average molecular weight is 431 g/mol. The molecule has 2 fully saturated rings. The number of nitrogens with zero attached hydrogens (tertiary/aromatic N) is 7. The molecule has 1 unspecified atom stereocenters. The highest BCUT2D eigenvalue weighted by atomic mass is 32.1. The van der Waals surface area contributed by atoms with Gasteiger partial charge in [-0.25, -0.2) is 19.9 Å². The van der Waals surface area contributed by atoms with Crippen LogP contribution in [0.25, 0.3) is 27.4 Å². The van der Waals surface area contributed by atoms with Gasteiger partial charge in [0, 0.05) is 43.1 Å². The van der Waals surface area contributed by atoms with E-state index in [4.69, 9.17) is 9.97 Å². The molecule has 0 aliphatic carbocycles. The molecule has 2 saturated heterocycles. The minimum Gasteiger partial charge on any atom is -0.348 e. The molecule has 2 aliphatic heterocycles. The molecule has 0 radical (unpaired) electrons. The first-order valence-corrected chi connectivity index (χ1v) is 11.4. The minimum atomic E-state index is 0.511. The molecule has 3 atom stereocenters. The van der Waals surface area contributed by atoms with E-state index in [9.17, 15) is 5.26 Å². The molecule has 8 nitrogen and oxygen atoms in total. The Morgan fingerprint density at radius 1 is 1.19 bits per heavy atom. The zero-order valence-corrected chi connectivity index (χ0v) is 18.2. The Morgan fingerprint density at radius 2 is 2.00 bits per heavy atom. The van der Waals surface area contributed by atoms with Crippen LogP contribution in [-0.2, 0) is 0 Å². The first kappa shape index (κ1) is 18.7. The predicted molar refractivity (Wildman–Crippen MR) is 120 cm³/mol. The maximum atomic E-state index is 9.56. The van der Waals surface area contributed by atoms with Crippen molar-refractivity contribution in [1.82, 2.24) is 29.7 Å². The number of imidazole rings is 1. The summed E-state index contributed by atoms with van der Waals surface area (Å²) in [6, 6.07) is 5.84. The van der Waals surface area contributed by atoms with E-state index < -0.39 is 0 Å². The second-order valence-corrected chi connectivity index (χ2v) is 9.58. The molecule has 1 N–H and O–H groups in total. The molecule has 2 bridgehead atoms. The molecule has 4 aromatic rings. The van der Waals surface area contributed by atoms with Crippen LogP contribution in [0.4, 0.5) is 5.13 Å². The van der Waals surface area contributed by atoms with E-state index in [1.165, 1.54) is 25.7 Å². The average Bonchev–Trinajstić information content (AvgIpc) is 3.46. The van der Waals surface area contributed by atoms with Crippen molar-refractivity contribution in [1.29, 1.82) is 5.26 Å². The molecular formula is C22H22N8S. The van der Waals surface area contributed by atoms with E-state index in [1.807, 2.05) is 29.8 Å². The molecule has 0 aromatic carbocycles. The Hall–Kier alpha value is -3.09. The maximum Gasteiger partial charge on any atom is 0.187 e. The normalized spacial score (nSPS) is 22.8. The van der Waals surface area contributed by atoms with E-state index in [1.54, 1.807) is 17.5 Å². The topological polar surface area (TPSA) is 95.0 Å². The molecule has 0 spiro atoms. The smallest absolute Gasteiger partial charge is 0.187 e. The molecule has 156 valence electrons. The van der Waals surface area contributed by atoms with Crippen LogP contribution < -0.4 is 10.2 Å². The highest BCUT2D eigenvalue weighted by molar-refractivity contribution is 7.21. The second-order valence-electron chi connectivity index (χ2n) is 8.62. The standard InChI is InChI=1S/C22H22N8S/c1-12-10-30-11-14(5-13(8-23)20(30)25-12)19-24-9-18-21(28-19)31-22(27-18)29(2)17-6-15-3-4-16(7-17)26-15/h5,9-11,15-17,26H,3-4,6-7H2,1-2H3/t15-,16+,17?. The highest BCUT2D eigenvalue weighted by Gasteiger charge is 2.35. The number of hydrogen-bond acceptors (Lipinski definition) is 8. The molecule has 0 amide bonds. The first-order chi connectivity index (χ1) is 15.1. The van der Waals surface area contributed by atoms with Crippen LogP contribution in [0.15, 0.2) is 24.7 Å². The Bertz CT molecular complexity index is 1340. The summed E-state index contributed by atoms with van der Waals surface area (Å²) in [6.07, 6.45) is 10.5. The lowest BCUT2D eigenvalue weighted by molar-refractivity contribution is 0.354. The van der Waals surface area contributed by atoms with Crippen LogP contribution >= 0.6 is 11.3 Å². The van der Waals surface area contributed by atoms with Gasteiger partial charge in [-0.3, -0.25) is 0 Å². The summed E-state index contributed by atoms with van der Waals surface area (Å²) in [5, 5.41) is 14.3. The monoisotopic (exact) mass is 430 g/mol. The van der Waals surface area contributed by atoms with Crippen molar-refractivity contribution in [2.45, 2.75) is 50.7 Å². The third-order valence-corrected chi connectivity index (χ3v) is 7.54. The van der Waals surface area contributed by atoms with Gasteiger partial charge >= 0.3 is 0 Å². The lowest BCUT2D eigenvalue weighted by Crippen LogP contribution is -2.47. The number of rotatable bonds is 3. The van der Waals surface area contributed by atoms with Crippen LogP contribution in [0.5, 0.6) is 0 Å². The largest absolute Gasteiger partial charge is 0.348 e. The molecule has 0 saturated carbocycles. The third-order valence-electron chi connectivity index (χ3n) is 6.49. The van der Waals surface area contributed by atoms with Gasteiger partial charge in [0.15, 0.2) is 16.6 Å². The van der Waals surface area contributed by atoms with Crippen molar-refractivity contribution in [2.75, 3.05) is 11.9 Å². The van der Waals surface area contributed by atoms with Crippen molar-refractivity contribution in [3.63, 3.8) is 0 Å². The van der Waals surface area contributed by atoms with Gasteiger partial charge in [-0.1, -0.05) is 11.3 Å². The summed E-state index contributed by atoms with van der Waals surface area (Å²) in [6.45, 7) is 1.92. The van der Waals surface area contributed by atoms with Crippen molar-refractivity contribution < 1.29 is 0 Å². The zero-order chi connectivity index (χ0) is 21.1. The van der Waals surface area contributed by atoms with Gasteiger partial charge in [0.1, 0.15) is 16.4 Å².